The van der Waals surface area contributed by atoms with Crippen molar-refractivity contribution in [3.8, 4) is 11.3 Å². The van der Waals surface area contributed by atoms with Crippen LogP contribution in [0.5, 0.6) is 0 Å². The molecule has 0 fully saturated rings. The predicted molar refractivity (Wildman–Crippen MR) is 112 cm³/mol. The van der Waals surface area contributed by atoms with E-state index in [-0.39, 0.29) is 5.91 Å². The molecule has 0 spiro atoms. The van der Waals surface area contributed by atoms with Crippen molar-refractivity contribution in [1.82, 2.24) is 29.4 Å². The van der Waals surface area contributed by atoms with Gasteiger partial charge in [0.1, 0.15) is 0 Å². The summed E-state index contributed by atoms with van der Waals surface area (Å²) in [6.07, 6.45) is 3.72. The van der Waals surface area contributed by atoms with E-state index < -0.39 is 0 Å². The summed E-state index contributed by atoms with van der Waals surface area (Å²) in [5.74, 6) is -0.0495. The molecule has 0 atom stereocenters. The van der Waals surface area contributed by atoms with Gasteiger partial charge in [0.05, 0.1) is 34.7 Å². The Morgan fingerprint density at radius 2 is 2.00 bits per heavy atom. The van der Waals surface area contributed by atoms with Crippen molar-refractivity contribution < 1.29 is 4.79 Å². The molecular weight excluding hydrogens is 364 g/mol. The molecule has 0 N–H and O–H groups in total. The molecule has 29 heavy (non-hydrogen) atoms. The molecule has 1 amide bonds. The van der Waals surface area contributed by atoms with Gasteiger partial charge >= 0.3 is 0 Å². The molecule has 0 saturated carbocycles. The summed E-state index contributed by atoms with van der Waals surface area (Å²) < 4.78 is 3.67. The topological polar surface area (TPSA) is 68.8 Å². The van der Waals surface area contributed by atoms with Gasteiger partial charge in [-0.1, -0.05) is 18.2 Å². The van der Waals surface area contributed by atoms with Crippen LogP contribution < -0.4 is 0 Å². The molecule has 0 saturated heterocycles. The zero-order valence-electron chi connectivity index (χ0n) is 17.1. The number of amides is 1. The fourth-order valence-electron chi connectivity index (χ4n) is 3.50. The molecular formula is C22H24N6O. The highest BCUT2D eigenvalue weighted by Gasteiger charge is 2.19. The van der Waals surface area contributed by atoms with Crippen molar-refractivity contribution >= 4 is 16.8 Å². The largest absolute Gasteiger partial charge is 0.336 e. The third kappa shape index (κ3) is 3.51. The molecule has 0 bridgehead atoms. The first-order valence-electron chi connectivity index (χ1n) is 9.64. The maximum absolute atomic E-state index is 13.4. The van der Waals surface area contributed by atoms with Gasteiger partial charge in [-0.25, -0.2) is 4.98 Å². The number of para-hydroxylation sites is 1. The van der Waals surface area contributed by atoms with Gasteiger partial charge in [0.2, 0.25) is 0 Å². The van der Waals surface area contributed by atoms with E-state index >= 15 is 0 Å². The summed E-state index contributed by atoms with van der Waals surface area (Å²) in [5.41, 5.74) is 5.01. The first-order valence-corrected chi connectivity index (χ1v) is 9.64. The fraction of sp³-hybridized carbons (Fsp3) is 0.273. The maximum Gasteiger partial charge on any atom is 0.254 e. The van der Waals surface area contributed by atoms with Crippen molar-refractivity contribution in [3.63, 3.8) is 0 Å². The van der Waals surface area contributed by atoms with Crippen LogP contribution in [0.1, 0.15) is 28.7 Å². The lowest BCUT2D eigenvalue weighted by molar-refractivity contribution is 0.0784. The first-order chi connectivity index (χ1) is 14.0. The second kappa shape index (κ2) is 7.50. The second-order valence-electron chi connectivity index (χ2n) is 7.16. The third-order valence-electron chi connectivity index (χ3n) is 5.16. The SMILES string of the molecule is CCn1cc(-c2cc(C(=O)N(C)Cc3ccnn3C)c3ccccc3n2)c(C)n1. The lowest BCUT2D eigenvalue weighted by atomic mass is 10.0. The number of benzene rings is 1. The summed E-state index contributed by atoms with van der Waals surface area (Å²) in [4.78, 5) is 19.9. The zero-order chi connectivity index (χ0) is 20.5. The Morgan fingerprint density at radius 1 is 1.21 bits per heavy atom. The molecule has 148 valence electrons. The quantitative estimate of drug-likeness (QED) is 0.525. The molecule has 4 aromatic rings. The van der Waals surface area contributed by atoms with Gasteiger partial charge in [-0.15, -0.1) is 0 Å². The summed E-state index contributed by atoms with van der Waals surface area (Å²) in [5, 5.41) is 9.56. The normalized spacial score (nSPS) is 11.2. The number of aromatic nitrogens is 5. The first kappa shape index (κ1) is 18.9. The van der Waals surface area contributed by atoms with Crippen LogP contribution in [0.3, 0.4) is 0 Å². The van der Waals surface area contributed by atoms with E-state index in [1.165, 1.54) is 0 Å². The average Bonchev–Trinajstić information content (AvgIpc) is 3.31. The summed E-state index contributed by atoms with van der Waals surface area (Å²) >= 11 is 0. The Balaban J connectivity index is 1.79. The smallest absolute Gasteiger partial charge is 0.254 e. The van der Waals surface area contributed by atoms with Crippen molar-refractivity contribution in [2.45, 2.75) is 26.9 Å². The van der Waals surface area contributed by atoms with Crippen molar-refractivity contribution in [2.24, 2.45) is 7.05 Å². The van der Waals surface area contributed by atoms with E-state index in [2.05, 4.69) is 10.2 Å². The highest BCUT2D eigenvalue weighted by molar-refractivity contribution is 6.07. The molecule has 7 heteroatoms. The Hall–Kier alpha value is -3.48. The second-order valence-corrected chi connectivity index (χ2v) is 7.16. The highest BCUT2D eigenvalue weighted by Crippen LogP contribution is 2.27. The van der Waals surface area contributed by atoms with Crippen LogP contribution in [0.4, 0.5) is 0 Å². The van der Waals surface area contributed by atoms with Gasteiger partial charge in [-0.05, 0) is 32.0 Å². The van der Waals surface area contributed by atoms with E-state index in [4.69, 9.17) is 4.98 Å². The summed E-state index contributed by atoms with van der Waals surface area (Å²) in [6.45, 7) is 5.28. The van der Waals surface area contributed by atoms with E-state index in [0.717, 1.165) is 40.1 Å². The molecule has 0 aliphatic rings. The number of rotatable bonds is 5. The molecule has 0 aliphatic carbocycles. The lowest BCUT2D eigenvalue weighted by Gasteiger charge is -2.19. The molecule has 3 aromatic heterocycles. The van der Waals surface area contributed by atoms with Crippen LogP contribution in [0.2, 0.25) is 0 Å². The van der Waals surface area contributed by atoms with Gasteiger partial charge in [-0.2, -0.15) is 10.2 Å². The van der Waals surface area contributed by atoms with Crippen LogP contribution in [0.25, 0.3) is 22.2 Å². The van der Waals surface area contributed by atoms with E-state index in [9.17, 15) is 4.79 Å². The number of carbonyl (C=O) groups is 1. The monoisotopic (exact) mass is 388 g/mol. The number of fused-ring (bicyclic) bond motifs is 1. The van der Waals surface area contributed by atoms with Crippen LogP contribution in [-0.2, 0) is 20.1 Å². The predicted octanol–water partition coefficient (Wildman–Crippen LogP) is 3.43. The molecule has 0 unspecified atom stereocenters. The number of pyridine rings is 1. The molecule has 0 aliphatic heterocycles. The minimum atomic E-state index is -0.0495. The molecule has 7 nitrogen and oxygen atoms in total. The van der Waals surface area contributed by atoms with Gasteiger partial charge in [0.15, 0.2) is 0 Å². The molecule has 3 heterocycles. The van der Waals surface area contributed by atoms with Crippen molar-refractivity contribution in [1.29, 1.82) is 0 Å². The number of aryl methyl sites for hydroxylation is 3. The van der Waals surface area contributed by atoms with Crippen LogP contribution in [0.15, 0.2) is 48.8 Å². The van der Waals surface area contributed by atoms with Crippen LogP contribution >= 0.6 is 0 Å². The molecule has 0 radical (unpaired) electrons. The number of hydrogen-bond acceptors (Lipinski definition) is 4. The summed E-state index contributed by atoms with van der Waals surface area (Å²) in [6, 6.07) is 11.6. The standard InChI is InChI=1S/C22H24N6O/c1-5-28-14-19(15(2)25-28)21-12-18(17-8-6-7-9-20(17)24-21)22(29)26(3)13-16-10-11-23-27(16)4/h6-12,14H,5,13H2,1-4H3. The zero-order valence-corrected chi connectivity index (χ0v) is 17.1. The third-order valence-corrected chi connectivity index (χ3v) is 5.16. The fourth-order valence-corrected chi connectivity index (χ4v) is 3.50. The lowest BCUT2D eigenvalue weighted by Crippen LogP contribution is -2.27. The van der Waals surface area contributed by atoms with E-state index in [0.29, 0.717) is 12.1 Å². The van der Waals surface area contributed by atoms with Gasteiger partial charge in [-0.3, -0.25) is 14.2 Å². The minimum Gasteiger partial charge on any atom is -0.336 e. The Kier molecular flexibility index (Phi) is 4.88. The van der Waals surface area contributed by atoms with Crippen LogP contribution in [0, 0.1) is 6.92 Å². The summed E-state index contributed by atoms with van der Waals surface area (Å²) in [7, 11) is 3.69. The number of nitrogens with zero attached hydrogens (tertiary/aromatic N) is 6. The Bertz CT molecular complexity index is 1190. The van der Waals surface area contributed by atoms with Crippen molar-refractivity contribution in [2.75, 3.05) is 7.05 Å². The van der Waals surface area contributed by atoms with Gasteiger partial charge in [0, 0.05) is 44.0 Å². The number of carbonyl (C=O) groups excluding carboxylic acids is 1. The van der Waals surface area contributed by atoms with E-state index in [1.54, 1.807) is 15.8 Å². The molecule has 4 rings (SSSR count). The van der Waals surface area contributed by atoms with Crippen molar-refractivity contribution in [3.05, 3.63) is 65.7 Å². The van der Waals surface area contributed by atoms with Gasteiger partial charge in [0.25, 0.3) is 5.91 Å². The highest BCUT2D eigenvalue weighted by atomic mass is 16.2. The van der Waals surface area contributed by atoms with Gasteiger partial charge < -0.3 is 4.90 Å². The van der Waals surface area contributed by atoms with Crippen LogP contribution in [-0.4, -0.2) is 42.4 Å². The van der Waals surface area contributed by atoms with E-state index in [1.807, 2.05) is 75.2 Å². The Morgan fingerprint density at radius 3 is 2.69 bits per heavy atom. The average molecular weight is 388 g/mol. The minimum absolute atomic E-state index is 0.0495. The maximum atomic E-state index is 13.4. The Labute approximate surface area is 169 Å². The number of hydrogen-bond donors (Lipinski definition) is 0. The molecule has 1 aromatic carbocycles.